The molecule has 0 aliphatic rings. The molecule has 0 fully saturated rings. The van der Waals surface area contributed by atoms with Gasteiger partial charge in [-0.15, -0.1) is 0 Å². The summed E-state index contributed by atoms with van der Waals surface area (Å²) >= 11 is 0. The first-order valence-corrected chi connectivity index (χ1v) is 9.76. The van der Waals surface area contributed by atoms with Crippen LogP contribution in [0, 0.1) is 12.7 Å². The minimum absolute atomic E-state index is 0.0439. The summed E-state index contributed by atoms with van der Waals surface area (Å²) in [5.74, 6) is 0.0830. The molecule has 3 rings (SSSR count). The Hall–Kier alpha value is -3.81. The molecule has 0 unspecified atom stereocenters. The minimum Gasteiger partial charge on any atom is -0.494 e. The van der Waals surface area contributed by atoms with Crippen molar-refractivity contribution in [3.8, 4) is 5.75 Å². The van der Waals surface area contributed by atoms with Crippen LogP contribution in [0.1, 0.15) is 28.6 Å². The second-order valence-corrected chi connectivity index (χ2v) is 6.90. The lowest BCUT2D eigenvalue weighted by molar-refractivity contribution is 0.102. The Morgan fingerprint density at radius 3 is 2.48 bits per heavy atom. The molecule has 3 amide bonds. The molecule has 0 bridgehead atoms. The minimum atomic E-state index is -0.616. The molecule has 2 N–H and O–H groups in total. The highest BCUT2D eigenvalue weighted by Gasteiger charge is 2.15. The highest BCUT2D eigenvalue weighted by molar-refractivity contribution is 6.05. The van der Waals surface area contributed by atoms with Gasteiger partial charge in [0.15, 0.2) is 0 Å². The molecule has 1 heterocycles. The largest absolute Gasteiger partial charge is 0.494 e. The SMILES string of the molecule is CCOc1ccc(CN(C)C(=O)Nc2ccc(F)c(NC(=O)c3ccoc3C)c2)cc1. The number of amides is 3. The molecule has 0 spiro atoms. The maximum Gasteiger partial charge on any atom is 0.321 e. The molecule has 7 nitrogen and oxygen atoms in total. The van der Waals surface area contributed by atoms with Crippen molar-refractivity contribution < 1.29 is 23.1 Å². The molecule has 2 aromatic carbocycles. The van der Waals surface area contributed by atoms with Crippen LogP contribution in [-0.4, -0.2) is 30.5 Å². The van der Waals surface area contributed by atoms with E-state index in [0.29, 0.717) is 30.2 Å². The zero-order chi connectivity index (χ0) is 22.4. The molecule has 0 saturated heterocycles. The summed E-state index contributed by atoms with van der Waals surface area (Å²) in [5, 5.41) is 5.21. The highest BCUT2D eigenvalue weighted by atomic mass is 19.1. The summed E-state index contributed by atoms with van der Waals surface area (Å²) < 4.78 is 24.7. The predicted molar refractivity (Wildman–Crippen MR) is 116 cm³/mol. The number of halogens is 1. The number of anilines is 2. The van der Waals surface area contributed by atoms with E-state index in [9.17, 15) is 14.0 Å². The van der Waals surface area contributed by atoms with Gasteiger partial charge in [-0.05, 0) is 55.8 Å². The summed E-state index contributed by atoms with van der Waals surface area (Å²) in [6, 6.07) is 12.6. The van der Waals surface area contributed by atoms with Crippen molar-refractivity contribution in [2.24, 2.45) is 0 Å². The van der Waals surface area contributed by atoms with E-state index in [2.05, 4.69) is 10.6 Å². The Morgan fingerprint density at radius 1 is 1.10 bits per heavy atom. The normalized spacial score (nSPS) is 10.5. The third-order valence-corrected chi connectivity index (χ3v) is 4.57. The Morgan fingerprint density at radius 2 is 1.84 bits per heavy atom. The fourth-order valence-corrected chi connectivity index (χ4v) is 2.93. The van der Waals surface area contributed by atoms with Crippen LogP contribution < -0.4 is 15.4 Å². The Balaban J connectivity index is 1.63. The summed E-state index contributed by atoms with van der Waals surface area (Å²) in [4.78, 5) is 26.3. The van der Waals surface area contributed by atoms with Crippen LogP contribution in [0.3, 0.4) is 0 Å². The quantitative estimate of drug-likeness (QED) is 0.555. The average Bonchev–Trinajstić information content (AvgIpc) is 3.18. The fraction of sp³-hybridized carbons (Fsp3) is 0.217. The average molecular weight is 425 g/mol. The van der Waals surface area contributed by atoms with Gasteiger partial charge < -0.3 is 24.7 Å². The van der Waals surface area contributed by atoms with E-state index in [1.165, 1.54) is 35.4 Å². The number of nitrogens with zero attached hydrogens (tertiary/aromatic N) is 1. The van der Waals surface area contributed by atoms with Crippen LogP contribution in [0.2, 0.25) is 0 Å². The molecule has 0 aliphatic heterocycles. The van der Waals surface area contributed by atoms with E-state index in [4.69, 9.17) is 9.15 Å². The molecule has 8 heteroatoms. The van der Waals surface area contributed by atoms with E-state index in [1.807, 2.05) is 31.2 Å². The maximum atomic E-state index is 14.2. The lowest BCUT2D eigenvalue weighted by Gasteiger charge is -2.19. The van der Waals surface area contributed by atoms with Crippen LogP contribution in [0.25, 0.3) is 0 Å². The van der Waals surface area contributed by atoms with Gasteiger partial charge in [0.2, 0.25) is 0 Å². The lowest BCUT2D eigenvalue weighted by Crippen LogP contribution is -2.30. The van der Waals surface area contributed by atoms with E-state index >= 15 is 0 Å². The summed E-state index contributed by atoms with van der Waals surface area (Å²) in [6.45, 7) is 4.52. The van der Waals surface area contributed by atoms with Crippen molar-refractivity contribution >= 4 is 23.3 Å². The number of ether oxygens (including phenoxy) is 1. The van der Waals surface area contributed by atoms with Crippen molar-refractivity contribution in [2.75, 3.05) is 24.3 Å². The van der Waals surface area contributed by atoms with Crippen LogP contribution in [0.4, 0.5) is 20.6 Å². The number of urea groups is 1. The van der Waals surface area contributed by atoms with E-state index in [1.54, 1.807) is 14.0 Å². The van der Waals surface area contributed by atoms with Crippen LogP contribution in [0.5, 0.6) is 5.75 Å². The standard InChI is InChI=1S/C23H24FN3O4/c1-4-30-18-8-5-16(6-9-18)14-27(3)23(29)25-17-7-10-20(24)21(13-17)26-22(28)19-11-12-31-15(19)2/h5-13H,4,14H2,1-3H3,(H,25,29)(H,26,28). The number of hydrogen-bond acceptors (Lipinski definition) is 4. The Labute approximate surface area is 179 Å². The van der Waals surface area contributed by atoms with Crippen molar-refractivity contribution in [1.82, 2.24) is 4.90 Å². The monoisotopic (exact) mass is 425 g/mol. The Kier molecular flexibility index (Phi) is 6.92. The third-order valence-electron chi connectivity index (χ3n) is 4.57. The van der Waals surface area contributed by atoms with Gasteiger partial charge in [-0.1, -0.05) is 12.1 Å². The fourth-order valence-electron chi connectivity index (χ4n) is 2.93. The van der Waals surface area contributed by atoms with Gasteiger partial charge >= 0.3 is 6.03 Å². The van der Waals surface area contributed by atoms with Crippen molar-refractivity contribution in [1.29, 1.82) is 0 Å². The molecule has 0 radical (unpaired) electrons. The molecule has 0 saturated carbocycles. The van der Waals surface area contributed by atoms with Gasteiger partial charge in [-0.25, -0.2) is 9.18 Å². The van der Waals surface area contributed by atoms with Gasteiger partial charge in [0, 0.05) is 19.3 Å². The van der Waals surface area contributed by atoms with E-state index in [0.717, 1.165) is 11.3 Å². The second-order valence-electron chi connectivity index (χ2n) is 6.90. The smallest absolute Gasteiger partial charge is 0.321 e. The number of nitrogens with one attached hydrogen (secondary N) is 2. The van der Waals surface area contributed by atoms with Crippen LogP contribution in [0.15, 0.2) is 59.2 Å². The van der Waals surface area contributed by atoms with E-state index < -0.39 is 11.7 Å². The number of furan rings is 1. The lowest BCUT2D eigenvalue weighted by atomic mass is 10.2. The van der Waals surface area contributed by atoms with Gasteiger partial charge in [-0.2, -0.15) is 0 Å². The molecular weight excluding hydrogens is 401 g/mol. The number of aryl methyl sites for hydroxylation is 1. The van der Waals surface area contributed by atoms with Gasteiger partial charge in [-0.3, -0.25) is 4.79 Å². The van der Waals surface area contributed by atoms with Gasteiger partial charge in [0.05, 0.1) is 24.1 Å². The van der Waals surface area contributed by atoms with E-state index in [-0.39, 0.29) is 11.7 Å². The number of benzene rings is 2. The van der Waals surface area contributed by atoms with Crippen LogP contribution >= 0.6 is 0 Å². The van der Waals surface area contributed by atoms with Gasteiger partial charge in [0.25, 0.3) is 5.91 Å². The molecule has 1 aromatic heterocycles. The predicted octanol–water partition coefficient (Wildman–Crippen LogP) is 5.04. The molecule has 0 aliphatic carbocycles. The summed E-state index contributed by atoms with van der Waals surface area (Å²) in [5.41, 5.74) is 1.55. The first-order chi connectivity index (χ1) is 14.9. The molecule has 0 atom stereocenters. The van der Waals surface area contributed by atoms with Crippen molar-refractivity contribution in [2.45, 2.75) is 20.4 Å². The molecule has 162 valence electrons. The van der Waals surface area contributed by atoms with Crippen LogP contribution in [-0.2, 0) is 6.54 Å². The summed E-state index contributed by atoms with van der Waals surface area (Å²) in [7, 11) is 1.65. The third kappa shape index (κ3) is 5.63. The first-order valence-electron chi connectivity index (χ1n) is 9.76. The maximum absolute atomic E-state index is 14.2. The highest BCUT2D eigenvalue weighted by Crippen LogP contribution is 2.22. The van der Waals surface area contributed by atoms with Crippen molar-refractivity contribution in [3.63, 3.8) is 0 Å². The van der Waals surface area contributed by atoms with Crippen molar-refractivity contribution in [3.05, 3.63) is 77.5 Å². The molecule has 31 heavy (non-hydrogen) atoms. The van der Waals surface area contributed by atoms with Gasteiger partial charge in [0.1, 0.15) is 17.3 Å². The zero-order valence-corrected chi connectivity index (χ0v) is 17.6. The number of carbonyl (C=O) groups excluding carboxylic acids is 2. The number of hydrogen-bond donors (Lipinski definition) is 2. The second kappa shape index (κ2) is 9.80. The Bertz CT molecular complexity index is 1060. The first kappa shape index (κ1) is 21.9. The number of rotatable bonds is 7. The zero-order valence-electron chi connectivity index (χ0n) is 17.6. The number of carbonyl (C=O) groups is 2. The summed E-state index contributed by atoms with van der Waals surface area (Å²) in [6.07, 6.45) is 1.39. The molecular formula is C23H24FN3O4. The molecule has 3 aromatic rings. The topological polar surface area (TPSA) is 83.8 Å².